The molecule has 0 atom stereocenters. The minimum atomic E-state index is -0.587. The Balaban J connectivity index is 1.80. The molecule has 7 nitrogen and oxygen atoms in total. The van der Waals surface area contributed by atoms with Gasteiger partial charge in [-0.1, -0.05) is 11.6 Å². The van der Waals surface area contributed by atoms with Gasteiger partial charge in [0.1, 0.15) is 5.76 Å². The number of nitrogens with two attached hydrogens (primary N) is 1. The van der Waals surface area contributed by atoms with Crippen LogP contribution in [0.4, 0.5) is 5.69 Å². The first-order valence-corrected chi connectivity index (χ1v) is 7.33. The summed E-state index contributed by atoms with van der Waals surface area (Å²) in [6.45, 7) is 1.64. The number of benzene rings is 1. The van der Waals surface area contributed by atoms with Gasteiger partial charge in [-0.15, -0.1) is 0 Å². The van der Waals surface area contributed by atoms with Gasteiger partial charge < -0.3 is 10.2 Å². The van der Waals surface area contributed by atoms with Crippen molar-refractivity contribution in [3.8, 4) is 0 Å². The van der Waals surface area contributed by atoms with E-state index in [0.29, 0.717) is 27.2 Å². The lowest BCUT2D eigenvalue weighted by molar-refractivity contribution is 0.0846. The van der Waals surface area contributed by atoms with Crippen molar-refractivity contribution in [2.75, 3.05) is 5.73 Å². The lowest BCUT2D eigenvalue weighted by Crippen LogP contribution is -2.42. The number of hydrogen-bond donors (Lipinski definition) is 3. The quantitative estimate of drug-likeness (QED) is 0.618. The van der Waals surface area contributed by atoms with E-state index in [2.05, 4.69) is 15.8 Å². The van der Waals surface area contributed by atoms with Crippen LogP contribution in [0.2, 0.25) is 5.02 Å². The molecule has 0 aliphatic carbocycles. The van der Waals surface area contributed by atoms with E-state index in [4.69, 9.17) is 21.8 Å². The van der Waals surface area contributed by atoms with Crippen molar-refractivity contribution in [1.82, 2.24) is 15.8 Å². The first-order chi connectivity index (χ1) is 11.5. The molecule has 0 saturated heterocycles. The highest BCUT2D eigenvalue weighted by Crippen LogP contribution is 2.25. The van der Waals surface area contributed by atoms with Gasteiger partial charge in [-0.05, 0) is 31.2 Å². The summed E-state index contributed by atoms with van der Waals surface area (Å²) < 4.78 is 5.04. The third kappa shape index (κ3) is 2.89. The Kier molecular flexibility index (Phi) is 4.09. The van der Waals surface area contributed by atoms with Gasteiger partial charge in [0, 0.05) is 16.6 Å². The number of halogens is 1. The fourth-order valence-electron chi connectivity index (χ4n) is 2.23. The van der Waals surface area contributed by atoms with Crippen LogP contribution in [-0.4, -0.2) is 16.8 Å². The molecule has 2 aromatic heterocycles. The van der Waals surface area contributed by atoms with E-state index in [-0.39, 0.29) is 11.3 Å². The lowest BCUT2D eigenvalue weighted by Gasteiger charge is -2.10. The summed E-state index contributed by atoms with van der Waals surface area (Å²) in [6, 6.07) is 6.52. The molecule has 2 amide bonds. The van der Waals surface area contributed by atoms with Gasteiger partial charge in [0.05, 0.1) is 28.6 Å². The zero-order valence-corrected chi connectivity index (χ0v) is 13.3. The Bertz CT molecular complexity index is 952. The van der Waals surface area contributed by atoms with Crippen LogP contribution >= 0.6 is 11.6 Å². The SMILES string of the molecule is Cc1occc1C(=O)NNC(=O)c1cnc2ccc(Cl)cc2c1N. The number of nitrogen functional groups attached to an aromatic ring is 1. The zero-order valence-electron chi connectivity index (χ0n) is 12.6. The molecule has 8 heteroatoms. The number of nitrogens with one attached hydrogen (secondary N) is 2. The zero-order chi connectivity index (χ0) is 17.3. The van der Waals surface area contributed by atoms with Crippen molar-refractivity contribution in [3.05, 3.63) is 58.6 Å². The molecule has 122 valence electrons. The summed E-state index contributed by atoms with van der Waals surface area (Å²) in [4.78, 5) is 28.4. The molecule has 3 rings (SSSR count). The fourth-order valence-corrected chi connectivity index (χ4v) is 2.41. The van der Waals surface area contributed by atoms with Crippen LogP contribution in [0.15, 0.2) is 41.1 Å². The molecule has 0 aliphatic rings. The first-order valence-electron chi connectivity index (χ1n) is 6.96. The second-order valence-electron chi connectivity index (χ2n) is 5.05. The Labute approximate surface area is 141 Å². The number of hydrazine groups is 1. The number of aryl methyl sites for hydroxylation is 1. The third-order valence-electron chi connectivity index (χ3n) is 3.51. The Morgan fingerprint density at radius 3 is 2.54 bits per heavy atom. The average Bonchev–Trinajstić information content (AvgIpc) is 2.99. The number of carbonyl (C=O) groups is 2. The van der Waals surface area contributed by atoms with Crippen LogP contribution in [0.1, 0.15) is 26.5 Å². The van der Waals surface area contributed by atoms with Crippen LogP contribution in [0, 0.1) is 6.92 Å². The van der Waals surface area contributed by atoms with Crippen molar-refractivity contribution >= 4 is 40.0 Å². The van der Waals surface area contributed by atoms with Crippen LogP contribution in [-0.2, 0) is 0 Å². The van der Waals surface area contributed by atoms with Crippen LogP contribution in [0.25, 0.3) is 10.9 Å². The van der Waals surface area contributed by atoms with Gasteiger partial charge in [-0.25, -0.2) is 0 Å². The Hall–Kier alpha value is -3.06. The average molecular weight is 345 g/mol. The molecule has 0 fully saturated rings. The van der Waals surface area contributed by atoms with Crippen LogP contribution in [0.5, 0.6) is 0 Å². The Morgan fingerprint density at radius 2 is 1.88 bits per heavy atom. The number of rotatable bonds is 2. The monoisotopic (exact) mass is 344 g/mol. The summed E-state index contributed by atoms with van der Waals surface area (Å²) in [5, 5.41) is 1.05. The molecule has 4 N–H and O–H groups in total. The fraction of sp³-hybridized carbons (Fsp3) is 0.0625. The van der Waals surface area contributed by atoms with Crippen molar-refractivity contribution in [2.24, 2.45) is 0 Å². The topological polar surface area (TPSA) is 110 Å². The van der Waals surface area contributed by atoms with E-state index < -0.39 is 11.8 Å². The molecule has 1 aromatic carbocycles. The molecule has 0 bridgehead atoms. The summed E-state index contributed by atoms with van der Waals surface area (Å²) >= 11 is 5.95. The van der Waals surface area contributed by atoms with Gasteiger partial charge in [-0.2, -0.15) is 0 Å². The number of amides is 2. The Morgan fingerprint density at radius 1 is 1.17 bits per heavy atom. The highest BCUT2D eigenvalue weighted by Gasteiger charge is 2.16. The summed E-state index contributed by atoms with van der Waals surface area (Å²) in [6.07, 6.45) is 2.73. The number of carbonyl (C=O) groups excluding carboxylic acids is 2. The highest BCUT2D eigenvalue weighted by atomic mass is 35.5. The van der Waals surface area contributed by atoms with E-state index in [1.54, 1.807) is 25.1 Å². The van der Waals surface area contributed by atoms with E-state index in [9.17, 15) is 9.59 Å². The largest absolute Gasteiger partial charge is 0.469 e. The molecule has 24 heavy (non-hydrogen) atoms. The first kappa shape index (κ1) is 15.8. The molecule has 0 saturated carbocycles. The van der Waals surface area contributed by atoms with Gasteiger partial charge in [-0.3, -0.25) is 25.4 Å². The van der Waals surface area contributed by atoms with Crippen LogP contribution in [0.3, 0.4) is 0 Å². The summed E-state index contributed by atoms with van der Waals surface area (Å²) in [7, 11) is 0. The number of anilines is 1. The summed E-state index contributed by atoms with van der Waals surface area (Å²) in [5.41, 5.74) is 11.9. The number of aromatic nitrogens is 1. The normalized spacial score (nSPS) is 10.6. The molecule has 3 aromatic rings. The predicted octanol–water partition coefficient (Wildman–Crippen LogP) is 2.45. The van der Waals surface area contributed by atoms with E-state index in [1.165, 1.54) is 18.5 Å². The predicted molar refractivity (Wildman–Crippen MR) is 89.5 cm³/mol. The second kappa shape index (κ2) is 6.21. The standard InChI is InChI=1S/C16H13ClN4O3/c1-8-10(4-5-24-8)15(22)20-21-16(23)12-7-19-13-3-2-9(17)6-11(13)14(12)18/h2-7H,1H3,(H2,18,19)(H,20,22)(H,21,23). The smallest absolute Gasteiger partial charge is 0.273 e. The van der Waals surface area contributed by atoms with Crippen LogP contribution < -0.4 is 16.6 Å². The highest BCUT2D eigenvalue weighted by molar-refractivity contribution is 6.31. The van der Waals surface area contributed by atoms with Crippen molar-refractivity contribution in [1.29, 1.82) is 0 Å². The van der Waals surface area contributed by atoms with E-state index in [0.717, 1.165) is 0 Å². The van der Waals surface area contributed by atoms with Gasteiger partial charge in [0.2, 0.25) is 0 Å². The van der Waals surface area contributed by atoms with E-state index >= 15 is 0 Å². The maximum absolute atomic E-state index is 12.3. The minimum absolute atomic E-state index is 0.133. The van der Waals surface area contributed by atoms with Crippen molar-refractivity contribution < 1.29 is 14.0 Å². The number of pyridine rings is 1. The maximum atomic E-state index is 12.3. The number of furan rings is 1. The van der Waals surface area contributed by atoms with E-state index in [1.807, 2.05) is 0 Å². The number of nitrogens with zero attached hydrogens (tertiary/aromatic N) is 1. The van der Waals surface area contributed by atoms with Gasteiger partial charge >= 0.3 is 0 Å². The molecule has 0 spiro atoms. The second-order valence-corrected chi connectivity index (χ2v) is 5.48. The number of hydrogen-bond acceptors (Lipinski definition) is 5. The minimum Gasteiger partial charge on any atom is -0.469 e. The molecule has 0 radical (unpaired) electrons. The lowest BCUT2D eigenvalue weighted by atomic mass is 10.1. The summed E-state index contributed by atoms with van der Waals surface area (Å²) in [5.74, 6) is -0.635. The molecule has 0 unspecified atom stereocenters. The van der Waals surface area contributed by atoms with Crippen molar-refractivity contribution in [2.45, 2.75) is 6.92 Å². The van der Waals surface area contributed by atoms with Crippen molar-refractivity contribution in [3.63, 3.8) is 0 Å². The van der Waals surface area contributed by atoms with Gasteiger partial charge in [0.25, 0.3) is 11.8 Å². The number of fused-ring (bicyclic) bond motifs is 1. The molecule has 0 aliphatic heterocycles. The molecular weight excluding hydrogens is 332 g/mol. The molecular formula is C16H13ClN4O3. The third-order valence-corrected chi connectivity index (χ3v) is 3.74. The maximum Gasteiger partial charge on any atom is 0.273 e. The van der Waals surface area contributed by atoms with Gasteiger partial charge in [0.15, 0.2) is 0 Å². The molecule has 2 heterocycles.